The molecule has 18 heavy (non-hydrogen) atoms. The fourth-order valence-corrected chi connectivity index (χ4v) is 1.47. The molecule has 0 heterocycles. The van der Waals surface area contributed by atoms with E-state index in [0.717, 1.165) is 0 Å². The van der Waals surface area contributed by atoms with Crippen molar-refractivity contribution in [1.82, 2.24) is 0 Å². The van der Waals surface area contributed by atoms with Crippen molar-refractivity contribution in [2.24, 2.45) is 0 Å². The second kappa shape index (κ2) is 6.26. The van der Waals surface area contributed by atoms with Crippen molar-refractivity contribution in [3.05, 3.63) is 28.8 Å². The number of hydrogen-bond donors (Lipinski definition) is 1. The topological polar surface area (TPSA) is 38.7 Å². The normalized spacial score (nSPS) is 13.4. The van der Waals surface area contributed by atoms with E-state index in [1.165, 1.54) is 25.1 Å². The van der Waals surface area contributed by atoms with Gasteiger partial charge in [0.25, 0.3) is 0 Å². The van der Waals surface area contributed by atoms with E-state index in [9.17, 15) is 18.3 Å². The average Bonchev–Trinajstić information content (AvgIpc) is 2.24. The molecule has 1 atom stereocenters. The summed E-state index contributed by atoms with van der Waals surface area (Å²) in [6.07, 6.45) is -5.50. The highest BCUT2D eigenvalue weighted by Gasteiger charge is 2.28. The lowest BCUT2D eigenvalue weighted by Crippen LogP contribution is -2.18. The molecule has 3 nitrogen and oxygen atoms in total. The van der Waals surface area contributed by atoms with E-state index in [-0.39, 0.29) is 12.4 Å². The molecule has 1 aromatic rings. The summed E-state index contributed by atoms with van der Waals surface area (Å²) in [5.74, 6) is 0.278. The van der Waals surface area contributed by atoms with Gasteiger partial charge in [0, 0.05) is 10.6 Å². The van der Waals surface area contributed by atoms with Crippen molar-refractivity contribution in [1.29, 1.82) is 0 Å². The van der Waals surface area contributed by atoms with Crippen LogP contribution in [0.5, 0.6) is 5.75 Å². The summed E-state index contributed by atoms with van der Waals surface area (Å²) in [5.41, 5.74) is 0.412. The van der Waals surface area contributed by atoms with E-state index in [4.69, 9.17) is 16.3 Å². The van der Waals surface area contributed by atoms with Crippen LogP contribution in [0, 0.1) is 0 Å². The van der Waals surface area contributed by atoms with Crippen molar-refractivity contribution in [2.75, 3.05) is 13.2 Å². The molecule has 0 aliphatic heterocycles. The molecule has 1 rings (SSSR count). The molecule has 0 amide bonds. The van der Waals surface area contributed by atoms with Crippen LogP contribution < -0.4 is 4.74 Å². The highest BCUT2D eigenvalue weighted by Crippen LogP contribution is 2.28. The lowest BCUT2D eigenvalue weighted by atomic mass is 10.1. The van der Waals surface area contributed by atoms with Crippen molar-refractivity contribution >= 4 is 11.6 Å². The molecule has 0 fully saturated rings. The average molecular weight is 285 g/mol. The number of halogens is 4. The summed E-state index contributed by atoms with van der Waals surface area (Å²) in [4.78, 5) is 0. The Kier molecular flexibility index (Phi) is 5.25. The third-order valence-electron chi connectivity index (χ3n) is 2.03. The molecule has 7 heteroatoms. The Labute approximate surface area is 107 Å². The SMILES string of the molecule is C[C@@H](O)c1cc(Cl)ccc1OCCOC(F)(F)F. The number of aliphatic hydroxyl groups is 1. The Bertz CT molecular complexity index is 394. The number of ether oxygens (including phenoxy) is 2. The highest BCUT2D eigenvalue weighted by molar-refractivity contribution is 6.30. The number of rotatable bonds is 5. The maximum atomic E-state index is 11.7. The standard InChI is InChI=1S/C11H12ClF3O3/c1-7(16)9-6-8(12)2-3-10(9)17-4-5-18-11(13,14)15/h2-3,6-7,16H,4-5H2,1H3/t7-/m1/s1. The number of benzene rings is 1. The smallest absolute Gasteiger partial charge is 0.491 e. The maximum absolute atomic E-state index is 11.7. The van der Waals surface area contributed by atoms with Gasteiger partial charge < -0.3 is 9.84 Å². The quantitative estimate of drug-likeness (QED) is 0.843. The van der Waals surface area contributed by atoms with Gasteiger partial charge in [-0.05, 0) is 25.1 Å². The van der Waals surface area contributed by atoms with Gasteiger partial charge in [-0.15, -0.1) is 13.2 Å². The van der Waals surface area contributed by atoms with Gasteiger partial charge in [0.2, 0.25) is 0 Å². The van der Waals surface area contributed by atoms with E-state index < -0.39 is 19.1 Å². The van der Waals surface area contributed by atoms with Crippen LogP contribution in [0.25, 0.3) is 0 Å². The second-order valence-corrected chi connectivity index (χ2v) is 3.94. The first-order valence-electron chi connectivity index (χ1n) is 5.10. The lowest BCUT2D eigenvalue weighted by molar-refractivity contribution is -0.325. The first-order valence-corrected chi connectivity index (χ1v) is 5.48. The largest absolute Gasteiger partial charge is 0.522 e. The maximum Gasteiger partial charge on any atom is 0.522 e. The molecule has 0 bridgehead atoms. The van der Waals surface area contributed by atoms with Crippen LogP contribution in [0.2, 0.25) is 5.02 Å². The monoisotopic (exact) mass is 284 g/mol. The van der Waals surface area contributed by atoms with E-state index in [2.05, 4.69) is 4.74 Å². The fraction of sp³-hybridized carbons (Fsp3) is 0.455. The lowest BCUT2D eigenvalue weighted by Gasteiger charge is -2.14. The fourth-order valence-electron chi connectivity index (χ4n) is 1.29. The Morgan fingerprint density at radius 3 is 2.56 bits per heavy atom. The van der Waals surface area contributed by atoms with Crippen LogP contribution in [-0.2, 0) is 4.74 Å². The molecule has 1 N–H and O–H groups in total. The van der Waals surface area contributed by atoms with Crippen LogP contribution in [0.1, 0.15) is 18.6 Å². The van der Waals surface area contributed by atoms with Gasteiger partial charge >= 0.3 is 6.36 Å². The summed E-state index contributed by atoms with van der Waals surface area (Å²) in [7, 11) is 0. The summed E-state index contributed by atoms with van der Waals surface area (Å²) < 4.78 is 43.8. The minimum Gasteiger partial charge on any atom is -0.491 e. The molecule has 0 aliphatic rings. The minimum absolute atomic E-state index is 0.277. The van der Waals surface area contributed by atoms with E-state index in [1.54, 1.807) is 0 Å². The molecule has 0 radical (unpaired) electrons. The minimum atomic E-state index is -4.67. The third-order valence-corrected chi connectivity index (χ3v) is 2.26. The van der Waals surface area contributed by atoms with Gasteiger partial charge in [-0.2, -0.15) is 0 Å². The Morgan fingerprint density at radius 1 is 1.33 bits per heavy atom. The summed E-state index contributed by atoms with van der Waals surface area (Å²) >= 11 is 5.74. The van der Waals surface area contributed by atoms with E-state index in [0.29, 0.717) is 10.6 Å². The van der Waals surface area contributed by atoms with E-state index >= 15 is 0 Å². The van der Waals surface area contributed by atoms with Crippen LogP contribution >= 0.6 is 11.6 Å². The Morgan fingerprint density at radius 2 is 2.00 bits per heavy atom. The van der Waals surface area contributed by atoms with Crippen molar-refractivity contribution in [2.45, 2.75) is 19.4 Å². The van der Waals surface area contributed by atoms with Gasteiger partial charge in [-0.3, -0.25) is 4.74 Å². The van der Waals surface area contributed by atoms with Gasteiger partial charge in [0.05, 0.1) is 12.7 Å². The zero-order valence-electron chi connectivity index (χ0n) is 9.50. The zero-order valence-corrected chi connectivity index (χ0v) is 10.3. The van der Waals surface area contributed by atoms with Gasteiger partial charge in [0.15, 0.2) is 0 Å². The van der Waals surface area contributed by atoms with Crippen LogP contribution in [0.15, 0.2) is 18.2 Å². The molecule has 102 valence electrons. The van der Waals surface area contributed by atoms with Crippen molar-refractivity contribution in [3.63, 3.8) is 0 Å². The number of alkyl halides is 3. The molecule has 0 aliphatic carbocycles. The van der Waals surface area contributed by atoms with Crippen LogP contribution in [0.3, 0.4) is 0 Å². The van der Waals surface area contributed by atoms with E-state index in [1.807, 2.05) is 0 Å². The van der Waals surface area contributed by atoms with Crippen molar-refractivity contribution in [3.8, 4) is 5.75 Å². The highest BCUT2D eigenvalue weighted by atomic mass is 35.5. The first-order chi connectivity index (χ1) is 8.29. The number of aliphatic hydroxyl groups excluding tert-OH is 1. The number of hydrogen-bond acceptors (Lipinski definition) is 3. The summed E-state index contributed by atoms with van der Waals surface area (Å²) in [6, 6.07) is 4.50. The Hall–Kier alpha value is -0.980. The van der Waals surface area contributed by atoms with Crippen LogP contribution in [-0.4, -0.2) is 24.7 Å². The predicted molar refractivity (Wildman–Crippen MR) is 59.6 cm³/mol. The third kappa shape index (κ3) is 5.12. The van der Waals surface area contributed by atoms with Crippen LogP contribution in [0.4, 0.5) is 13.2 Å². The molecular formula is C11H12ClF3O3. The predicted octanol–water partition coefficient (Wildman–Crippen LogP) is 3.31. The molecule has 0 saturated heterocycles. The summed E-state index contributed by atoms with van der Waals surface area (Å²) in [6.45, 7) is 0.608. The summed E-state index contributed by atoms with van der Waals surface area (Å²) in [5, 5.41) is 9.87. The zero-order chi connectivity index (χ0) is 13.8. The first kappa shape index (κ1) is 15.1. The van der Waals surface area contributed by atoms with Gasteiger partial charge in [-0.1, -0.05) is 11.6 Å². The molecule has 1 aromatic carbocycles. The van der Waals surface area contributed by atoms with Crippen molar-refractivity contribution < 1.29 is 27.8 Å². The van der Waals surface area contributed by atoms with Gasteiger partial charge in [0.1, 0.15) is 12.4 Å². The molecule has 0 saturated carbocycles. The van der Waals surface area contributed by atoms with Gasteiger partial charge in [-0.25, -0.2) is 0 Å². The molecule has 0 spiro atoms. The Balaban J connectivity index is 2.57. The molecule has 0 unspecified atom stereocenters. The second-order valence-electron chi connectivity index (χ2n) is 3.50. The molecule has 0 aromatic heterocycles. The molecular weight excluding hydrogens is 273 g/mol.